The molecule has 0 aromatic carbocycles. The molecule has 94 valence electrons. The summed E-state index contributed by atoms with van der Waals surface area (Å²) in [4.78, 5) is 2.58. The summed E-state index contributed by atoms with van der Waals surface area (Å²) in [5, 5.41) is 3.53. The third-order valence-electron chi connectivity index (χ3n) is 3.75. The van der Waals surface area contributed by atoms with Crippen molar-refractivity contribution in [3.05, 3.63) is 0 Å². The molecule has 2 unspecified atom stereocenters. The van der Waals surface area contributed by atoms with E-state index in [0.717, 1.165) is 13.1 Å². The first-order chi connectivity index (χ1) is 7.84. The predicted molar refractivity (Wildman–Crippen MR) is 66.7 cm³/mol. The molecule has 1 N–H and O–H groups in total. The monoisotopic (exact) mass is 226 g/mol. The Kier molecular flexibility index (Phi) is 5.07. The molecule has 2 heterocycles. The summed E-state index contributed by atoms with van der Waals surface area (Å²) in [6.07, 6.45) is 7.63. The molecular formula is C13H26N2O. The first kappa shape index (κ1) is 12.3. The van der Waals surface area contributed by atoms with E-state index >= 15 is 0 Å². The molecule has 0 aromatic rings. The van der Waals surface area contributed by atoms with Crippen molar-refractivity contribution in [1.82, 2.24) is 10.2 Å². The van der Waals surface area contributed by atoms with Gasteiger partial charge in [-0.3, -0.25) is 0 Å². The first-order valence-corrected chi connectivity index (χ1v) is 6.93. The van der Waals surface area contributed by atoms with E-state index in [9.17, 15) is 0 Å². The molecule has 3 nitrogen and oxygen atoms in total. The third kappa shape index (κ3) is 4.04. The highest BCUT2D eigenvalue weighted by molar-refractivity contribution is 4.73. The van der Waals surface area contributed by atoms with Crippen LogP contribution in [0.1, 0.15) is 39.0 Å². The maximum Gasteiger partial charge on any atom is 0.0704 e. The van der Waals surface area contributed by atoms with Crippen LogP contribution in [0, 0.1) is 0 Å². The van der Waals surface area contributed by atoms with Crippen LogP contribution >= 0.6 is 0 Å². The van der Waals surface area contributed by atoms with Gasteiger partial charge in [0, 0.05) is 19.6 Å². The van der Waals surface area contributed by atoms with Crippen molar-refractivity contribution < 1.29 is 4.74 Å². The molecule has 0 amide bonds. The molecule has 2 aliphatic rings. The second-order valence-electron chi connectivity index (χ2n) is 5.25. The number of hydrogen-bond acceptors (Lipinski definition) is 3. The normalized spacial score (nSPS) is 32.1. The zero-order valence-electron chi connectivity index (χ0n) is 10.6. The van der Waals surface area contributed by atoms with E-state index in [1.54, 1.807) is 0 Å². The van der Waals surface area contributed by atoms with Crippen molar-refractivity contribution in [1.29, 1.82) is 0 Å². The summed E-state index contributed by atoms with van der Waals surface area (Å²) < 4.78 is 5.78. The Balaban J connectivity index is 1.48. The van der Waals surface area contributed by atoms with E-state index in [-0.39, 0.29) is 0 Å². The van der Waals surface area contributed by atoms with Crippen molar-refractivity contribution in [3.8, 4) is 0 Å². The van der Waals surface area contributed by atoms with Crippen molar-refractivity contribution in [2.24, 2.45) is 0 Å². The van der Waals surface area contributed by atoms with Crippen LogP contribution < -0.4 is 5.32 Å². The van der Waals surface area contributed by atoms with Gasteiger partial charge in [0.2, 0.25) is 0 Å². The Bertz CT molecular complexity index is 186. The van der Waals surface area contributed by atoms with Gasteiger partial charge in [0.1, 0.15) is 0 Å². The molecule has 2 saturated heterocycles. The number of hydrogen-bond donors (Lipinski definition) is 1. The Morgan fingerprint density at radius 2 is 2.00 bits per heavy atom. The van der Waals surface area contributed by atoms with Gasteiger partial charge < -0.3 is 15.0 Å². The van der Waals surface area contributed by atoms with Crippen LogP contribution in [0.5, 0.6) is 0 Å². The fourth-order valence-corrected chi connectivity index (χ4v) is 2.72. The third-order valence-corrected chi connectivity index (χ3v) is 3.75. The van der Waals surface area contributed by atoms with Crippen LogP contribution in [0.15, 0.2) is 0 Å². The Morgan fingerprint density at radius 1 is 1.19 bits per heavy atom. The zero-order chi connectivity index (χ0) is 11.2. The van der Waals surface area contributed by atoms with Crippen LogP contribution in [0.2, 0.25) is 0 Å². The summed E-state index contributed by atoms with van der Waals surface area (Å²) >= 11 is 0. The minimum Gasteiger partial charge on any atom is -0.374 e. The van der Waals surface area contributed by atoms with Gasteiger partial charge in [0.05, 0.1) is 12.2 Å². The minimum atomic E-state index is 0.469. The average Bonchev–Trinajstić information content (AvgIpc) is 2.72. The van der Waals surface area contributed by atoms with Gasteiger partial charge in [-0.1, -0.05) is 6.42 Å². The second-order valence-corrected chi connectivity index (χ2v) is 5.25. The summed E-state index contributed by atoms with van der Waals surface area (Å²) in [6.45, 7) is 8.15. The molecule has 0 saturated carbocycles. The van der Waals surface area contributed by atoms with Gasteiger partial charge in [0.15, 0.2) is 0 Å². The van der Waals surface area contributed by atoms with Crippen LogP contribution in [-0.2, 0) is 4.74 Å². The lowest BCUT2D eigenvalue weighted by Crippen LogP contribution is -2.37. The minimum absolute atomic E-state index is 0.469. The van der Waals surface area contributed by atoms with Crippen molar-refractivity contribution in [3.63, 3.8) is 0 Å². The molecular weight excluding hydrogens is 200 g/mol. The molecule has 0 radical (unpaired) electrons. The number of nitrogens with zero attached hydrogens (tertiary/aromatic N) is 1. The molecule has 0 aliphatic carbocycles. The van der Waals surface area contributed by atoms with Crippen molar-refractivity contribution in [2.75, 3.05) is 32.7 Å². The fourth-order valence-electron chi connectivity index (χ4n) is 2.72. The lowest BCUT2D eigenvalue weighted by atomic mass is 10.1. The summed E-state index contributed by atoms with van der Waals surface area (Å²) in [5.74, 6) is 0. The SMILES string of the molecule is CC1CCC(CNCCN2CCCCC2)O1. The van der Waals surface area contributed by atoms with E-state index in [4.69, 9.17) is 4.74 Å². The first-order valence-electron chi connectivity index (χ1n) is 6.93. The standard InChI is InChI=1S/C13H26N2O/c1-12-5-6-13(16-12)11-14-7-10-15-8-3-2-4-9-15/h12-14H,2-11H2,1H3. The van der Waals surface area contributed by atoms with E-state index in [2.05, 4.69) is 17.1 Å². The lowest BCUT2D eigenvalue weighted by Gasteiger charge is -2.26. The summed E-state index contributed by atoms with van der Waals surface area (Å²) in [7, 11) is 0. The van der Waals surface area contributed by atoms with Crippen molar-refractivity contribution in [2.45, 2.75) is 51.2 Å². The highest BCUT2D eigenvalue weighted by Gasteiger charge is 2.20. The van der Waals surface area contributed by atoms with E-state index in [1.165, 1.54) is 51.7 Å². The van der Waals surface area contributed by atoms with Gasteiger partial charge >= 0.3 is 0 Å². The van der Waals surface area contributed by atoms with Gasteiger partial charge in [-0.25, -0.2) is 0 Å². The Hall–Kier alpha value is -0.120. The average molecular weight is 226 g/mol. The van der Waals surface area contributed by atoms with Crippen LogP contribution in [-0.4, -0.2) is 49.8 Å². The smallest absolute Gasteiger partial charge is 0.0704 e. The predicted octanol–water partition coefficient (Wildman–Crippen LogP) is 1.63. The zero-order valence-corrected chi connectivity index (χ0v) is 10.6. The summed E-state index contributed by atoms with van der Waals surface area (Å²) in [5.41, 5.74) is 0. The number of nitrogens with one attached hydrogen (secondary N) is 1. The molecule has 3 heteroatoms. The highest BCUT2D eigenvalue weighted by atomic mass is 16.5. The van der Waals surface area contributed by atoms with E-state index < -0.39 is 0 Å². The number of rotatable bonds is 5. The van der Waals surface area contributed by atoms with Gasteiger partial charge in [-0.15, -0.1) is 0 Å². The van der Waals surface area contributed by atoms with E-state index in [0.29, 0.717) is 12.2 Å². The molecule has 0 bridgehead atoms. The lowest BCUT2D eigenvalue weighted by molar-refractivity contribution is 0.0556. The molecule has 2 atom stereocenters. The number of ether oxygens (including phenoxy) is 1. The Labute approximate surface area is 99.5 Å². The highest BCUT2D eigenvalue weighted by Crippen LogP contribution is 2.18. The van der Waals surface area contributed by atoms with Crippen LogP contribution in [0.4, 0.5) is 0 Å². The molecule has 0 aromatic heterocycles. The molecule has 2 rings (SSSR count). The summed E-state index contributed by atoms with van der Waals surface area (Å²) in [6, 6.07) is 0. The maximum absolute atomic E-state index is 5.78. The maximum atomic E-state index is 5.78. The molecule has 0 spiro atoms. The van der Waals surface area contributed by atoms with Crippen LogP contribution in [0.3, 0.4) is 0 Å². The van der Waals surface area contributed by atoms with Gasteiger partial charge in [-0.2, -0.15) is 0 Å². The van der Waals surface area contributed by atoms with Crippen LogP contribution in [0.25, 0.3) is 0 Å². The molecule has 2 aliphatic heterocycles. The molecule has 16 heavy (non-hydrogen) atoms. The number of piperidine rings is 1. The largest absolute Gasteiger partial charge is 0.374 e. The van der Waals surface area contributed by atoms with Gasteiger partial charge in [0.25, 0.3) is 0 Å². The van der Waals surface area contributed by atoms with Gasteiger partial charge in [-0.05, 0) is 45.7 Å². The van der Waals surface area contributed by atoms with E-state index in [1.807, 2.05) is 0 Å². The fraction of sp³-hybridized carbons (Fsp3) is 1.00. The number of likely N-dealkylation sites (tertiary alicyclic amines) is 1. The Morgan fingerprint density at radius 3 is 2.69 bits per heavy atom. The molecule has 2 fully saturated rings. The second kappa shape index (κ2) is 6.58. The quantitative estimate of drug-likeness (QED) is 0.721. The van der Waals surface area contributed by atoms with Crippen molar-refractivity contribution >= 4 is 0 Å². The topological polar surface area (TPSA) is 24.5 Å².